The predicted octanol–water partition coefficient (Wildman–Crippen LogP) is 2.57. The van der Waals surface area contributed by atoms with E-state index < -0.39 is 15.1 Å². The summed E-state index contributed by atoms with van der Waals surface area (Å²) >= 11 is 0. The second-order valence-electron chi connectivity index (χ2n) is 5.54. The highest BCUT2D eigenvalue weighted by Gasteiger charge is 2.32. The number of benzene rings is 1. The van der Waals surface area contributed by atoms with Crippen LogP contribution >= 0.6 is 0 Å². The Balaban J connectivity index is 2.11. The topological polar surface area (TPSA) is 54.5 Å². The first-order valence-corrected chi connectivity index (χ1v) is 9.30. The van der Waals surface area contributed by atoms with Crippen molar-refractivity contribution in [1.82, 2.24) is 4.90 Å². The van der Waals surface area contributed by atoms with Crippen LogP contribution in [0.5, 0.6) is 0 Å². The molecule has 1 fully saturated rings. The normalized spacial score (nSPS) is 21.8. The summed E-state index contributed by atoms with van der Waals surface area (Å²) in [6.45, 7) is 2.90. The fourth-order valence-electron chi connectivity index (χ4n) is 2.72. The smallest absolute Gasteiger partial charge is 0.222 e. The van der Waals surface area contributed by atoms with Crippen molar-refractivity contribution >= 4 is 15.7 Å². The molecule has 1 saturated heterocycles. The van der Waals surface area contributed by atoms with E-state index >= 15 is 0 Å². The molecule has 1 amide bonds. The van der Waals surface area contributed by atoms with Gasteiger partial charge in [0.15, 0.2) is 9.84 Å². The molecule has 21 heavy (non-hydrogen) atoms. The molecule has 1 heterocycles. The number of unbranched alkanes of at least 4 members (excludes halogenated alkanes) is 1. The molecule has 1 aromatic rings. The zero-order valence-electron chi connectivity index (χ0n) is 12.5. The fraction of sp³-hybridized carbons (Fsp3) is 0.562. The highest BCUT2D eigenvalue weighted by atomic mass is 32.2. The van der Waals surface area contributed by atoms with Crippen LogP contribution in [0.3, 0.4) is 0 Å². The van der Waals surface area contributed by atoms with Gasteiger partial charge in [-0.15, -0.1) is 0 Å². The van der Waals surface area contributed by atoms with Crippen molar-refractivity contribution in [1.29, 1.82) is 0 Å². The van der Waals surface area contributed by atoms with Crippen LogP contribution in [0, 0.1) is 0 Å². The van der Waals surface area contributed by atoms with Crippen molar-refractivity contribution in [2.24, 2.45) is 0 Å². The SMILES string of the molecule is CCCCC(=O)N1CCC(c2ccccc2)S(=O)(=O)CC1. The number of amides is 1. The average molecular weight is 309 g/mol. The number of hydrogen-bond donors (Lipinski definition) is 0. The highest BCUT2D eigenvalue weighted by Crippen LogP contribution is 2.29. The first-order chi connectivity index (χ1) is 10.0. The minimum absolute atomic E-state index is 0.0599. The minimum atomic E-state index is -3.19. The number of rotatable bonds is 4. The van der Waals surface area contributed by atoms with E-state index in [1.54, 1.807) is 4.90 Å². The summed E-state index contributed by atoms with van der Waals surface area (Å²) < 4.78 is 24.9. The second-order valence-corrected chi connectivity index (χ2v) is 7.84. The molecule has 0 spiro atoms. The van der Waals surface area contributed by atoms with Crippen LogP contribution in [0.4, 0.5) is 0 Å². The monoisotopic (exact) mass is 309 g/mol. The van der Waals surface area contributed by atoms with Gasteiger partial charge in [0.1, 0.15) is 0 Å². The van der Waals surface area contributed by atoms with Gasteiger partial charge in [0.25, 0.3) is 0 Å². The van der Waals surface area contributed by atoms with Gasteiger partial charge in [-0.05, 0) is 18.4 Å². The lowest BCUT2D eigenvalue weighted by Crippen LogP contribution is -2.33. The van der Waals surface area contributed by atoms with Gasteiger partial charge >= 0.3 is 0 Å². The maximum Gasteiger partial charge on any atom is 0.222 e. The molecule has 2 rings (SSSR count). The number of carbonyl (C=O) groups is 1. The van der Waals surface area contributed by atoms with Gasteiger partial charge < -0.3 is 4.90 Å². The summed E-state index contributed by atoms with van der Waals surface area (Å²) in [5.41, 5.74) is 0.834. The second kappa shape index (κ2) is 7.07. The number of hydrogen-bond acceptors (Lipinski definition) is 3. The average Bonchev–Trinajstić information content (AvgIpc) is 2.64. The van der Waals surface area contributed by atoms with E-state index in [1.165, 1.54) is 0 Å². The number of nitrogens with zero attached hydrogens (tertiary/aromatic N) is 1. The van der Waals surface area contributed by atoms with Crippen LogP contribution in [0.2, 0.25) is 0 Å². The molecule has 5 heteroatoms. The molecule has 0 aliphatic carbocycles. The summed E-state index contributed by atoms with van der Waals surface area (Å²) in [7, 11) is -3.19. The van der Waals surface area contributed by atoms with Crippen LogP contribution in [0.25, 0.3) is 0 Å². The van der Waals surface area contributed by atoms with E-state index in [9.17, 15) is 13.2 Å². The number of sulfone groups is 1. The Morgan fingerprint density at radius 2 is 1.95 bits per heavy atom. The molecule has 0 N–H and O–H groups in total. The molecule has 0 saturated carbocycles. The van der Waals surface area contributed by atoms with Crippen molar-refractivity contribution < 1.29 is 13.2 Å². The van der Waals surface area contributed by atoms with Crippen molar-refractivity contribution in [2.75, 3.05) is 18.8 Å². The van der Waals surface area contributed by atoms with E-state index in [0.29, 0.717) is 25.9 Å². The molecule has 0 aromatic heterocycles. The van der Waals surface area contributed by atoms with Gasteiger partial charge in [0, 0.05) is 19.5 Å². The molecule has 0 radical (unpaired) electrons. The lowest BCUT2D eigenvalue weighted by molar-refractivity contribution is -0.131. The van der Waals surface area contributed by atoms with Crippen LogP contribution in [0.15, 0.2) is 30.3 Å². The molecule has 1 aromatic carbocycles. The Kier molecular flexibility index (Phi) is 5.39. The minimum Gasteiger partial charge on any atom is -0.342 e. The van der Waals surface area contributed by atoms with Gasteiger partial charge in [-0.25, -0.2) is 8.42 Å². The molecular formula is C16H23NO3S. The standard InChI is InChI=1S/C16H23NO3S/c1-2-3-9-16(18)17-11-10-15(21(19,20)13-12-17)14-7-5-4-6-8-14/h4-8,15H,2-3,9-13H2,1H3. The highest BCUT2D eigenvalue weighted by molar-refractivity contribution is 7.91. The molecule has 1 atom stereocenters. The van der Waals surface area contributed by atoms with E-state index in [1.807, 2.05) is 37.3 Å². The van der Waals surface area contributed by atoms with Crippen molar-refractivity contribution in [3.63, 3.8) is 0 Å². The molecule has 0 bridgehead atoms. The predicted molar refractivity (Wildman–Crippen MR) is 83.7 cm³/mol. The van der Waals surface area contributed by atoms with Crippen LogP contribution < -0.4 is 0 Å². The summed E-state index contributed by atoms with van der Waals surface area (Å²) in [6, 6.07) is 9.32. The summed E-state index contributed by atoms with van der Waals surface area (Å²) in [4.78, 5) is 13.8. The Morgan fingerprint density at radius 1 is 1.24 bits per heavy atom. The zero-order valence-corrected chi connectivity index (χ0v) is 13.3. The van der Waals surface area contributed by atoms with Crippen molar-refractivity contribution in [3.05, 3.63) is 35.9 Å². The Morgan fingerprint density at radius 3 is 2.62 bits per heavy atom. The number of carbonyl (C=O) groups excluding carboxylic acids is 1. The Hall–Kier alpha value is -1.36. The summed E-state index contributed by atoms with van der Waals surface area (Å²) in [5.74, 6) is 0.144. The maximum atomic E-state index is 12.4. The van der Waals surface area contributed by atoms with Gasteiger partial charge in [-0.3, -0.25) is 4.79 Å². The summed E-state index contributed by atoms with van der Waals surface area (Å²) in [5, 5.41) is -0.484. The molecule has 1 aliphatic rings. The molecular weight excluding hydrogens is 286 g/mol. The van der Waals surface area contributed by atoms with Crippen LogP contribution in [0.1, 0.15) is 43.4 Å². The summed E-state index contributed by atoms with van der Waals surface area (Å²) in [6.07, 6.45) is 2.85. The van der Waals surface area contributed by atoms with Gasteiger partial charge in [0.2, 0.25) is 5.91 Å². The Bertz CT molecular complexity index is 568. The Labute approximate surface area is 127 Å². The van der Waals surface area contributed by atoms with Gasteiger partial charge in [-0.1, -0.05) is 43.7 Å². The third kappa shape index (κ3) is 4.06. The van der Waals surface area contributed by atoms with Crippen molar-refractivity contribution in [3.8, 4) is 0 Å². The van der Waals surface area contributed by atoms with Gasteiger partial charge in [0.05, 0.1) is 11.0 Å². The van der Waals surface area contributed by atoms with E-state index in [-0.39, 0.29) is 11.7 Å². The molecule has 1 unspecified atom stereocenters. The molecule has 116 valence electrons. The lowest BCUT2D eigenvalue weighted by atomic mass is 10.1. The first-order valence-electron chi connectivity index (χ1n) is 7.59. The zero-order chi connectivity index (χ0) is 15.3. The van der Waals surface area contributed by atoms with Crippen LogP contribution in [-0.4, -0.2) is 38.1 Å². The van der Waals surface area contributed by atoms with E-state index in [4.69, 9.17) is 0 Å². The third-order valence-corrected chi connectivity index (χ3v) is 6.14. The molecule has 4 nitrogen and oxygen atoms in total. The van der Waals surface area contributed by atoms with E-state index in [2.05, 4.69) is 0 Å². The third-order valence-electron chi connectivity index (χ3n) is 4.01. The maximum absolute atomic E-state index is 12.4. The van der Waals surface area contributed by atoms with Crippen LogP contribution in [-0.2, 0) is 14.6 Å². The largest absolute Gasteiger partial charge is 0.342 e. The lowest BCUT2D eigenvalue weighted by Gasteiger charge is -2.19. The van der Waals surface area contributed by atoms with Gasteiger partial charge in [-0.2, -0.15) is 0 Å². The molecule has 1 aliphatic heterocycles. The van der Waals surface area contributed by atoms with Crippen molar-refractivity contribution in [2.45, 2.75) is 37.9 Å². The first kappa shape index (κ1) is 16.0. The van der Waals surface area contributed by atoms with E-state index in [0.717, 1.165) is 18.4 Å². The fourth-order valence-corrected chi connectivity index (χ4v) is 4.52. The quantitative estimate of drug-likeness (QED) is 0.859.